The molecule has 3 heteroatoms. The number of Topliss-reactive ketones (excluding diaryl/α,β-unsaturated/α-hetero) is 1. The molecule has 0 saturated heterocycles. The Balaban J connectivity index is 1.85. The van der Waals surface area contributed by atoms with Crippen LogP contribution in [0.5, 0.6) is 0 Å². The third-order valence-electron chi connectivity index (χ3n) is 6.56. The van der Waals surface area contributed by atoms with E-state index in [-0.39, 0.29) is 18.1 Å². The smallest absolute Gasteiger partial charge is 0.136 e. The number of hydrogen-bond acceptors (Lipinski definition) is 3. The highest BCUT2D eigenvalue weighted by Crippen LogP contribution is 2.44. The Hall–Kier alpha value is -2.78. The van der Waals surface area contributed by atoms with Gasteiger partial charge in [-0.25, -0.2) is 0 Å². The van der Waals surface area contributed by atoms with Crippen molar-refractivity contribution in [3.8, 4) is 0 Å². The van der Waals surface area contributed by atoms with Gasteiger partial charge in [0, 0.05) is 29.7 Å². The average Bonchev–Trinajstić information content (AvgIpc) is 3.59. The van der Waals surface area contributed by atoms with Gasteiger partial charge in [-0.1, -0.05) is 54.7 Å². The Morgan fingerprint density at radius 3 is 2.69 bits per heavy atom. The zero-order valence-electron chi connectivity index (χ0n) is 19.4. The van der Waals surface area contributed by atoms with E-state index >= 15 is 0 Å². The maximum absolute atomic E-state index is 12.0. The van der Waals surface area contributed by atoms with Crippen LogP contribution < -0.4 is 0 Å². The lowest BCUT2D eigenvalue weighted by molar-refractivity contribution is -0.124. The van der Waals surface area contributed by atoms with Gasteiger partial charge >= 0.3 is 0 Å². The highest BCUT2D eigenvalue weighted by molar-refractivity contribution is 5.98. The van der Waals surface area contributed by atoms with Crippen molar-refractivity contribution in [3.63, 3.8) is 0 Å². The molecule has 2 aliphatic carbocycles. The molecule has 0 radical (unpaired) electrons. The molecule has 1 aromatic carbocycles. The van der Waals surface area contributed by atoms with Gasteiger partial charge in [0.25, 0.3) is 0 Å². The monoisotopic (exact) mass is 427 g/mol. The van der Waals surface area contributed by atoms with Crippen LogP contribution in [0.25, 0.3) is 22.6 Å². The minimum absolute atomic E-state index is 0.0638. The highest BCUT2D eigenvalue weighted by atomic mass is 16.3. The molecule has 2 unspecified atom stereocenters. The molecule has 0 aliphatic heterocycles. The first-order valence-corrected chi connectivity index (χ1v) is 11.7. The molecule has 1 heterocycles. The number of carbonyl (C=O) groups is 1. The molecule has 0 amide bonds. The van der Waals surface area contributed by atoms with E-state index in [4.69, 9.17) is 4.98 Å². The van der Waals surface area contributed by atoms with Gasteiger partial charge in [-0.2, -0.15) is 0 Å². The van der Waals surface area contributed by atoms with Crippen LogP contribution in [0.1, 0.15) is 74.3 Å². The Labute approximate surface area is 191 Å². The van der Waals surface area contributed by atoms with Crippen molar-refractivity contribution in [2.75, 3.05) is 0 Å². The number of rotatable bonds is 6. The second-order valence-corrected chi connectivity index (χ2v) is 9.43. The molecular weight excluding hydrogens is 394 g/mol. The van der Waals surface area contributed by atoms with Crippen LogP contribution in [-0.2, 0) is 4.79 Å². The van der Waals surface area contributed by atoms with Crippen molar-refractivity contribution >= 4 is 28.3 Å². The zero-order chi connectivity index (χ0) is 22.8. The van der Waals surface area contributed by atoms with Gasteiger partial charge in [0.05, 0.1) is 17.3 Å². The minimum Gasteiger partial charge on any atom is -0.393 e. The van der Waals surface area contributed by atoms with Crippen LogP contribution in [0.4, 0.5) is 0 Å². The second kappa shape index (κ2) is 9.38. The number of aliphatic hydroxyl groups excluding tert-OH is 1. The Morgan fingerprint density at radius 1 is 1.22 bits per heavy atom. The van der Waals surface area contributed by atoms with E-state index in [1.165, 1.54) is 11.1 Å². The topological polar surface area (TPSA) is 50.2 Å². The van der Waals surface area contributed by atoms with Gasteiger partial charge in [0.15, 0.2) is 0 Å². The fourth-order valence-electron chi connectivity index (χ4n) is 4.54. The van der Waals surface area contributed by atoms with Crippen LogP contribution in [0.15, 0.2) is 54.7 Å². The van der Waals surface area contributed by atoms with Crippen LogP contribution in [0.2, 0.25) is 0 Å². The molecule has 2 saturated carbocycles. The molecular formula is C29H33NO2. The summed E-state index contributed by atoms with van der Waals surface area (Å²) >= 11 is 0. The van der Waals surface area contributed by atoms with Crippen LogP contribution in [0.3, 0.4) is 0 Å². The molecule has 1 aromatic heterocycles. The van der Waals surface area contributed by atoms with E-state index in [1.54, 1.807) is 0 Å². The third kappa shape index (κ3) is 4.99. The first-order chi connectivity index (χ1) is 15.4. The maximum Gasteiger partial charge on any atom is 0.136 e. The number of nitrogens with zero attached hydrogens (tertiary/aromatic N) is 1. The molecule has 2 atom stereocenters. The Bertz CT molecular complexity index is 1150. The van der Waals surface area contributed by atoms with Gasteiger partial charge < -0.3 is 5.11 Å². The Kier molecular flexibility index (Phi) is 6.57. The number of allylic oxidation sites excluding steroid dienone is 6. The second-order valence-electron chi connectivity index (χ2n) is 9.43. The average molecular weight is 428 g/mol. The van der Waals surface area contributed by atoms with Gasteiger partial charge in [-0.15, -0.1) is 0 Å². The first-order valence-electron chi connectivity index (χ1n) is 11.7. The van der Waals surface area contributed by atoms with E-state index in [0.717, 1.165) is 46.1 Å². The molecule has 166 valence electrons. The number of hydrogen-bond donors (Lipinski definition) is 1. The summed E-state index contributed by atoms with van der Waals surface area (Å²) in [5, 5.41) is 11.2. The molecule has 0 bridgehead atoms. The van der Waals surface area contributed by atoms with E-state index in [0.29, 0.717) is 18.8 Å². The van der Waals surface area contributed by atoms with Gasteiger partial charge in [-0.3, -0.25) is 9.78 Å². The predicted molar refractivity (Wildman–Crippen MR) is 133 cm³/mol. The van der Waals surface area contributed by atoms with Crippen LogP contribution in [0, 0.1) is 12.8 Å². The summed E-state index contributed by atoms with van der Waals surface area (Å²) in [5.41, 5.74) is 7.73. The van der Waals surface area contributed by atoms with Crippen LogP contribution >= 0.6 is 0 Å². The summed E-state index contributed by atoms with van der Waals surface area (Å²) in [6, 6.07) is 6.43. The molecule has 32 heavy (non-hydrogen) atoms. The number of aryl methyl sites for hydroxylation is 1. The van der Waals surface area contributed by atoms with Crippen molar-refractivity contribution < 1.29 is 9.90 Å². The highest BCUT2D eigenvalue weighted by Gasteiger charge is 2.30. The molecule has 2 aromatic rings. The van der Waals surface area contributed by atoms with Crippen molar-refractivity contribution in [2.45, 2.75) is 64.9 Å². The third-order valence-corrected chi connectivity index (χ3v) is 6.56. The SMILES string of the molecule is C=C(/C=C\C(C)=C/C)c1c(/C=C/C2CC(=O)CC(O)C2)c(C2CC2)nc2cc(C)ccc12. The maximum atomic E-state index is 12.0. The first kappa shape index (κ1) is 22.4. The standard InChI is InChI=1S/C29H33NO2/c1-5-18(2)6-8-20(4)28-25-12-7-19(3)14-27(25)30-29(22-10-11-22)26(28)13-9-21-15-23(31)17-24(32)16-21/h5-9,12-14,21-23,31H,4,10-11,15-17H2,1-3H3/b8-6-,13-9+,18-5-. The van der Waals surface area contributed by atoms with E-state index in [9.17, 15) is 9.90 Å². The van der Waals surface area contributed by atoms with E-state index < -0.39 is 6.10 Å². The van der Waals surface area contributed by atoms with Crippen LogP contribution in [-0.4, -0.2) is 22.0 Å². The summed E-state index contributed by atoms with van der Waals surface area (Å²) < 4.78 is 0. The molecule has 0 spiro atoms. The summed E-state index contributed by atoms with van der Waals surface area (Å²) in [6.07, 6.45) is 13.7. The van der Waals surface area contributed by atoms with Crippen molar-refractivity contribution in [2.24, 2.45) is 5.92 Å². The lowest BCUT2D eigenvalue weighted by Gasteiger charge is -2.22. The van der Waals surface area contributed by atoms with Crippen molar-refractivity contribution in [1.29, 1.82) is 0 Å². The number of ketones is 1. The van der Waals surface area contributed by atoms with E-state index in [1.807, 2.05) is 6.92 Å². The summed E-state index contributed by atoms with van der Waals surface area (Å²) in [4.78, 5) is 17.1. The van der Waals surface area contributed by atoms with Crippen molar-refractivity contribution in [3.05, 3.63) is 77.0 Å². The number of benzene rings is 1. The van der Waals surface area contributed by atoms with Crippen molar-refractivity contribution in [1.82, 2.24) is 4.98 Å². The van der Waals surface area contributed by atoms with Gasteiger partial charge in [0.1, 0.15) is 5.78 Å². The lowest BCUT2D eigenvalue weighted by atomic mass is 9.85. The quantitative estimate of drug-likeness (QED) is 0.522. The Morgan fingerprint density at radius 2 is 2.00 bits per heavy atom. The minimum atomic E-state index is -0.535. The largest absolute Gasteiger partial charge is 0.393 e. The lowest BCUT2D eigenvalue weighted by Crippen LogP contribution is -2.25. The molecule has 3 nitrogen and oxygen atoms in total. The normalized spacial score (nSPS) is 22.4. The predicted octanol–water partition coefficient (Wildman–Crippen LogP) is 6.70. The number of fused-ring (bicyclic) bond motifs is 1. The number of aromatic nitrogens is 1. The number of pyridine rings is 1. The fraction of sp³-hybridized carbons (Fsp3) is 0.379. The number of aliphatic hydroxyl groups is 1. The van der Waals surface area contributed by atoms with E-state index in [2.05, 4.69) is 69.0 Å². The number of carbonyl (C=O) groups excluding carboxylic acids is 1. The molecule has 2 aliphatic rings. The zero-order valence-corrected chi connectivity index (χ0v) is 19.4. The fourth-order valence-corrected chi connectivity index (χ4v) is 4.54. The summed E-state index contributed by atoms with van der Waals surface area (Å²) in [7, 11) is 0. The summed E-state index contributed by atoms with van der Waals surface area (Å²) in [6.45, 7) is 10.6. The summed E-state index contributed by atoms with van der Waals surface area (Å²) in [5.74, 6) is 0.683. The molecule has 2 fully saturated rings. The van der Waals surface area contributed by atoms with Gasteiger partial charge in [0.2, 0.25) is 0 Å². The molecule has 1 N–H and O–H groups in total. The molecule has 4 rings (SSSR count). The van der Waals surface area contributed by atoms with Gasteiger partial charge in [-0.05, 0) is 68.7 Å².